The molecule has 5 heteroatoms. The second kappa shape index (κ2) is 3.79. The normalized spacial score (nSPS) is 17.2. The van der Waals surface area contributed by atoms with E-state index in [4.69, 9.17) is 17.3 Å². The van der Waals surface area contributed by atoms with E-state index >= 15 is 0 Å². The Morgan fingerprint density at radius 2 is 2.33 bits per heavy atom. The Morgan fingerprint density at radius 1 is 1.60 bits per heavy atom. The maximum absolute atomic E-state index is 11.5. The Labute approximate surface area is 92.8 Å². The minimum absolute atomic E-state index is 0.0979. The fourth-order valence-corrected chi connectivity index (χ4v) is 1.33. The number of carbonyl (C=O) groups excluding carboxylic acids is 1. The van der Waals surface area contributed by atoms with Gasteiger partial charge in [0.05, 0.1) is 22.8 Å². The lowest BCUT2D eigenvalue weighted by atomic mass is 10.2. The molecule has 4 nitrogen and oxygen atoms in total. The van der Waals surface area contributed by atoms with Crippen molar-refractivity contribution in [2.24, 2.45) is 5.73 Å². The van der Waals surface area contributed by atoms with E-state index in [1.165, 1.54) is 0 Å². The molecule has 0 saturated heterocycles. The van der Waals surface area contributed by atoms with E-state index in [9.17, 15) is 4.79 Å². The molecule has 80 valence electrons. The zero-order valence-electron chi connectivity index (χ0n) is 8.16. The molecule has 15 heavy (non-hydrogen) atoms. The van der Waals surface area contributed by atoms with E-state index in [0.717, 1.165) is 18.5 Å². The molecule has 2 rings (SSSR count). The number of aromatic nitrogens is 1. The summed E-state index contributed by atoms with van der Waals surface area (Å²) in [6.45, 7) is 0.398. The van der Waals surface area contributed by atoms with Gasteiger partial charge in [0.15, 0.2) is 0 Å². The predicted octanol–water partition coefficient (Wildman–Crippen LogP) is 0.842. The number of nitrogens with two attached hydrogens (primary N) is 1. The smallest absolute Gasteiger partial charge is 0.240 e. The van der Waals surface area contributed by atoms with Crippen LogP contribution in [0, 0.1) is 0 Å². The van der Waals surface area contributed by atoms with Crippen molar-refractivity contribution in [3.63, 3.8) is 0 Å². The van der Waals surface area contributed by atoms with Crippen LogP contribution in [-0.4, -0.2) is 16.4 Å². The van der Waals surface area contributed by atoms with Crippen molar-refractivity contribution in [1.29, 1.82) is 0 Å². The number of hydrogen-bond acceptors (Lipinski definition) is 3. The van der Waals surface area contributed by atoms with Crippen molar-refractivity contribution in [3.8, 4) is 0 Å². The SMILES string of the molecule is NC1(C(=O)NCc2ccc(Cl)cn2)CC1. The molecular formula is C10H12ClN3O. The Balaban J connectivity index is 1.88. The maximum atomic E-state index is 11.5. The molecule has 1 aromatic rings. The van der Waals surface area contributed by atoms with Crippen LogP contribution in [-0.2, 0) is 11.3 Å². The molecule has 0 spiro atoms. The van der Waals surface area contributed by atoms with Gasteiger partial charge in [-0.3, -0.25) is 9.78 Å². The number of nitrogens with one attached hydrogen (secondary N) is 1. The van der Waals surface area contributed by atoms with Gasteiger partial charge in [0.1, 0.15) is 0 Å². The lowest BCUT2D eigenvalue weighted by Gasteiger charge is -2.09. The summed E-state index contributed by atoms with van der Waals surface area (Å²) in [5.74, 6) is -0.0979. The minimum Gasteiger partial charge on any atom is -0.349 e. The standard InChI is InChI=1S/C10H12ClN3O/c11-7-1-2-8(13-5-7)6-14-9(15)10(12)3-4-10/h1-2,5H,3-4,6,12H2,(H,14,15). The molecule has 0 unspecified atom stereocenters. The Bertz CT molecular complexity index is 373. The fourth-order valence-electron chi connectivity index (χ4n) is 1.22. The predicted molar refractivity (Wildman–Crippen MR) is 57.2 cm³/mol. The lowest BCUT2D eigenvalue weighted by Crippen LogP contribution is -2.42. The molecule has 1 heterocycles. The number of nitrogens with zero attached hydrogens (tertiary/aromatic N) is 1. The van der Waals surface area contributed by atoms with Crippen LogP contribution in [0.4, 0.5) is 0 Å². The number of carbonyl (C=O) groups is 1. The van der Waals surface area contributed by atoms with Gasteiger partial charge in [-0.15, -0.1) is 0 Å². The third kappa shape index (κ3) is 2.46. The van der Waals surface area contributed by atoms with Gasteiger partial charge in [0.2, 0.25) is 5.91 Å². The summed E-state index contributed by atoms with van der Waals surface area (Å²) < 4.78 is 0. The Hall–Kier alpha value is -1.13. The van der Waals surface area contributed by atoms with E-state index in [1.54, 1.807) is 18.3 Å². The molecule has 1 aromatic heterocycles. The molecule has 1 saturated carbocycles. The van der Waals surface area contributed by atoms with E-state index in [2.05, 4.69) is 10.3 Å². The quantitative estimate of drug-likeness (QED) is 0.801. The van der Waals surface area contributed by atoms with E-state index in [1.807, 2.05) is 0 Å². The molecule has 1 aliphatic carbocycles. The van der Waals surface area contributed by atoms with Crippen molar-refractivity contribution in [3.05, 3.63) is 29.0 Å². The van der Waals surface area contributed by atoms with Crippen molar-refractivity contribution < 1.29 is 4.79 Å². The van der Waals surface area contributed by atoms with Gasteiger partial charge in [-0.1, -0.05) is 11.6 Å². The van der Waals surface area contributed by atoms with Crippen molar-refractivity contribution in [2.45, 2.75) is 24.9 Å². The molecule has 0 aromatic carbocycles. The largest absolute Gasteiger partial charge is 0.349 e. The van der Waals surface area contributed by atoms with Crippen LogP contribution in [0.1, 0.15) is 18.5 Å². The third-order valence-electron chi connectivity index (χ3n) is 2.46. The fraction of sp³-hybridized carbons (Fsp3) is 0.400. The summed E-state index contributed by atoms with van der Waals surface area (Å²) in [7, 11) is 0. The molecule has 0 aliphatic heterocycles. The zero-order chi connectivity index (χ0) is 10.9. The number of rotatable bonds is 3. The third-order valence-corrected chi connectivity index (χ3v) is 2.68. The highest BCUT2D eigenvalue weighted by Crippen LogP contribution is 2.32. The summed E-state index contributed by atoms with van der Waals surface area (Å²) >= 11 is 5.69. The van der Waals surface area contributed by atoms with Crippen LogP contribution in [0.5, 0.6) is 0 Å². The summed E-state index contributed by atoms with van der Waals surface area (Å²) in [4.78, 5) is 15.5. The first kappa shape index (κ1) is 10.4. The molecule has 1 aliphatic rings. The second-order valence-electron chi connectivity index (χ2n) is 3.81. The molecule has 3 N–H and O–H groups in total. The Morgan fingerprint density at radius 3 is 2.87 bits per heavy atom. The van der Waals surface area contributed by atoms with Crippen LogP contribution in [0.2, 0.25) is 5.02 Å². The molecule has 0 radical (unpaired) electrons. The van der Waals surface area contributed by atoms with E-state index < -0.39 is 5.54 Å². The number of amides is 1. The molecule has 1 amide bonds. The highest BCUT2D eigenvalue weighted by Gasteiger charge is 2.45. The van der Waals surface area contributed by atoms with Gasteiger partial charge in [-0.05, 0) is 25.0 Å². The van der Waals surface area contributed by atoms with Gasteiger partial charge < -0.3 is 11.1 Å². The average molecular weight is 226 g/mol. The molecule has 0 bridgehead atoms. The first-order valence-corrected chi connectivity index (χ1v) is 5.16. The Kier molecular flexibility index (Phi) is 2.63. The first-order valence-electron chi connectivity index (χ1n) is 4.78. The summed E-state index contributed by atoms with van der Waals surface area (Å²) in [5, 5.41) is 3.34. The number of hydrogen-bond donors (Lipinski definition) is 2. The monoisotopic (exact) mass is 225 g/mol. The highest BCUT2D eigenvalue weighted by molar-refractivity contribution is 6.30. The van der Waals surface area contributed by atoms with Gasteiger partial charge in [-0.2, -0.15) is 0 Å². The van der Waals surface area contributed by atoms with E-state index in [0.29, 0.717) is 11.6 Å². The van der Waals surface area contributed by atoms with Crippen molar-refractivity contribution in [2.75, 3.05) is 0 Å². The van der Waals surface area contributed by atoms with Crippen LogP contribution in [0.25, 0.3) is 0 Å². The average Bonchev–Trinajstić information content (AvgIpc) is 2.97. The summed E-state index contributed by atoms with van der Waals surface area (Å²) in [6.07, 6.45) is 3.10. The summed E-state index contributed by atoms with van der Waals surface area (Å²) in [5.41, 5.74) is 5.88. The topological polar surface area (TPSA) is 68.0 Å². The van der Waals surface area contributed by atoms with Crippen molar-refractivity contribution >= 4 is 17.5 Å². The van der Waals surface area contributed by atoms with Crippen LogP contribution in [0.3, 0.4) is 0 Å². The minimum atomic E-state index is -0.619. The summed E-state index contributed by atoms with van der Waals surface area (Å²) in [6, 6.07) is 3.52. The lowest BCUT2D eigenvalue weighted by molar-refractivity contribution is -0.123. The molecular weight excluding hydrogens is 214 g/mol. The van der Waals surface area contributed by atoms with Crippen LogP contribution in [0.15, 0.2) is 18.3 Å². The van der Waals surface area contributed by atoms with Crippen LogP contribution >= 0.6 is 11.6 Å². The first-order chi connectivity index (χ1) is 7.10. The molecule has 1 fully saturated rings. The van der Waals surface area contributed by atoms with E-state index in [-0.39, 0.29) is 5.91 Å². The van der Waals surface area contributed by atoms with Crippen molar-refractivity contribution in [1.82, 2.24) is 10.3 Å². The van der Waals surface area contributed by atoms with Gasteiger partial charge >= 0.3 is 0 Å². The molecule has 0 atom stereocenters. The van der Waals surface area contributed by atoms with Gasteiger partial charge in [-0.25, -0.2) is 0 Å². The zero-order valence-corrected chi connectivity index (χ0v) is 8.92. The second-order valence-corrected chi connectivity index (χ2v) is 4.24. The number of pyridine rings is 1. The maximum Gasteiger partial charge on any atom is 0.240 e. The number of halogens is 1. The highest BCUT2D eigenvalue weighted by atomic mass is 35.5. The van der Waals surface area contributed by atoms with Crippen LogP contribution < -0.4 is 11.1 Å². The van der Waals surface area contributed by atoms with Gasteiger partial charge in [0.25, 0.3) is 0 Å². The van der Waals surface area contributed by atoms with Gasteiger partial charge in [0, 0.05) is 6.20 Å².